The third-order valence-electron chi connectivity index (χ3n) is 4.68. The van der Waals surface area contributed by atoms with Gasteiger partial charge in [-0.05, 0) is 16.7 Å². The Morgan fingerprint density at radius 3 is 1.80 bits per heavy atom. The van der Waals surface area contributed by atoms with E-state index in [2.05, 4.69) is 66.8 Å². The van der Waals surface area contributed by atoms with E-state index in [-0.39, 0.29) is 10.3 Å². The number of unbranched alkanes of at least 4 members (excludes halogenated alkanes) is 1. The molecule has 3 heteroatoms. The molecule has 2 aliphatic carbocycles. The summed E-state index contributed by atoms with van der Waals surface area (Å²) < 4.78 is 0. The first-order valence-electron chi connectivity index (χ1n) is 8.29. The third kappa shape index (κ3) is 2.87. The minimum atomic E-state index is -0.334. The minimum absolute atomic E-state index is 0.142. The molecule has 0 fully saturated rings. The van der Waals surface area contributed by atoms with Crippen LogP contribution in [0.15, 0.2) is 78.9 Å². The second-order valence-corrected chi connectivity index (χ2v) is 6.74. The largest absolute Gasteiger partial charge is 0.303 e. The van der Waals surface area contributed by atoms with Crippen molar-refractivity contribution in [1.82, 2.24) is 0 Å². The lowest BCUT2D eigenvalue weighted by Crippen LogP contribution is -2.57. The van der Waals surface area contributed by atoms with Gasteiger partial charge in [0.25, 0.3) is 0 Å². The van der Waals surface area contributed by atoms with Crippen molar-refractivity contribution in [3.05, 3.63) is 90.0 Å². The first-order valence-corrected chi connectivity index (χ1v) is 8.66. The number of hydrogen-bond acceptors (Lipinski definition) is 2. The summed E-state index contributed by atoms with van der Waals surface area (Å²) in [5.74, 6) is 0. The smallest absolute Gasteiger partial charge is 0.120 e. The highest BCUT2D eigenvalue weighted by atomic mass is 35.5. The average Bonchev–Trinajstić information content (AvgIpc) is 2.67. The second kappa shape index (κ2) is 7.20. The lowest BCUT2D eigenvalue weighted by molar-refractivity contribution is -0.112. The van der Waals surface area contributed by atoms with Gasteiger partial charge >= 0.3 is 0 Å². The SMILES string of the molecule is ClC12C=CC1(c1ccccc1)C(c1ccccc1)=C2.O=CCCC=O. The average molecular weight is 351 g/mol. The molecule has 0 radical (unpaired) electrons. The van der Waals surface area contributed by atoms with Gasteiger partial charge in [-0.25, -0.2) is 0 Å². The topological polar surface area (TPSA) is 34.1 Å². The summed E-state index contributed by atoms with van der Waals surface area (Å²) >= 11 is 6.71. The van der Waals surface area contributed by atoms with Crippen molar-refractivity contribution in [1.29, 1.82) is 0 Å². The Kier molecular flexibility index (Phi) is 5.00. The number of carbonyl (C=O) groups is 2. The Bertz CT molecular complexity index is 802. The van der Waals surface area contributed by atoms with Gasteiger partial charge in [-0.2, -0.15) is 0 Å². The fourth-order valence-corrected chi connectivity index (χ4v) is 3.80. The third-order valence-corrected chi connectivity index (χ3v) is 5.21. The van der Waals surface area contributed by atoms with Crippen LogP contribution in [-0.4, -0.2) is 17.4 Å². The van der Waals surface area contributed by atoms with Gasteiger partial charge in [-0.1, -0.05) is 78.9 Å². The first kappa shape index (κ1) is 17.4. The van der Waals surface area contributed by atoms with Crippen LogP contribution in [0, 0.1) is 0 Å². The van der Waals surface area contributed by atoms with Crippen molar-refractivity contribution >= 4 is 29.7 Å². The van der Waals surface area contributed by atoms with Crippen molar-refractivity contribution in [3.63, 3.8) is 0 Å². The first-order chi connectivity index (χ1) is 12.2. The van der Waals surface area contributed by atoms with E-state index in [0.29, 0.717) is 12.8 Å². The summed E-state index contributed by atoms with van der Waals surface area (Å²) in [4.78, 5) is 18.5. The molecule has 0 heterocycles. The van der Waals surface area contributed by atoms with Crippen LogP contribution in [0.2, 0.25) is 0 Å². The summed E-state index contributed by atoms with van der Waals surface area (Å²) in [5, 5.41) is 0. The normalized spacial score (nSPS) is 25.2. The quantitative estimate of drug-likeness (QED) is 0.338. The standard InChI is InChI=1S/C18H13Cl.C4H6O2/c19-17-11-12-18(17,15-9-5-2-6-10-15)16(13-17)14-7-3-1-4-8-14;5-3-1-2-4-6/h1-13H;3-4H,1-2H2. The molecule has 0 amide bonds. The number of alkyl halides is 1. The molecule has 0 bridgehead atoms. The zero-order valence-electron chi connectivity index (χ0n) is 13.8. The van der Waals surface area contributed by atoms with E-state index in [1.165, 1.54) is 16.7 Å². The number of rotatable bonds is 5. The molecule has 4 rings (SSSR count). The van der Waals surface area contributed by atoms with E-state index in [0.717, 1.165) is 12.6 Å². The van der Waals surface area contributed by atoms with Crippen molar-refractivity contribution in [2.75, 3.05) is 0 Å². The minimum Gasteiger partial charge on any atom is -0.303 e. The molecule has 0 aliphatic heterocycles. The van der Waals surface area contributed by atoms with Crippen LogP contribution in [0.4, 0.5) is 0 Å². The fourth-order valence-electron chi connectivity index (χ4n) is 3.35. The molecule has 0 saturated heterocycles. The monoisotopic (exact) mass is 350 g/mol. The van der Waals surface area contributed by atoms with Crippen LogP contribution in [0.3, 0.4) is 0 Å². The van der Waals surface area contributed by atoms with Crippen LogP contribution >= 0.6 is 11.6 Å². The van der Waals surface area contributed by atoms with Gasteiger partial charge in [0.05, 0.1) is 10.3 Å². The zero-order valence-corrected chi connectivity index (χ0v) is 14.5. The van der Waals surface area contributed by atoms with E-state index in [1.807, 2.05) is 12.1 Å². The van der Waals surface area contributed by atoms with Crippen molar-refractivity contribution in [3.8, 4) is 0 Å². The maximum atomic E-state index is 9.40. The van der Waals surface area contributed by atoms with Crippen LogP contribution in [0.25, 0.3) is 5.57 Å². The molecule has 2 aliphatic rings. The molecule has 0 aromatic heterocycles. The lowest BCUT2D eigenvalue weighted by atomic mass is 9.49. The van der Waals surface area contributed by atoms with Gasteiger partial charge in [0, 0.05) is 12.8 Å². The van der Waals surface area contributed by atoms with Crippen molar-refractivity contribution < 1.29 is 9.59 Å². The van der Waals surface area contributed by atoms with Gasteiger partial charge in [0.2, 0.25) is 0 Å². The summed E-state index contributed by atoms with van der Waals surface area (Å²) in [6, 6.07) is 21.0. The van der Waals surface area contributed by atoms with E-state index >= 15 is 0 Å². The molecule has 0 saturated carbocycles. The van der Waals surface area contributed by atoms with Gasteiger partial charge in [-0.3, -0.25) is 0 Å². The molecule has 2 aromatic carbocycles. The van der Waals surface area contributed by atoms with E-state index in [4.69, 9.17) is 11.6 Å². The number of carbonyl (C=O) groups excluding carboxylic acids is 2. The van der Waals surface area contributed by atoms with Gasteiger partial charge in [-0.15, -0.1) is 11.6 Å². The Hall–Kier alpha value is -2.45. The van der Waals surface area contributed by atoms with E-state index in [9.17, 15) is 9.59 Å². The molecule has 0 spiro atoms. The number of benzene rings is 2. The molecule has 2 atom stereocenters. The molecule has 2 nitrogen and oxygen atoms in total. The molecule has 126 valence electrons. The maximum Gasteiger partial charge on any atom is 0.120 e. The van der Waals surface area contributed by atoms with Gasteiger partial charge < -0.3 is 9.59 Å². The lowest BCUT2D eigenvalue weighted by Gasteiger charge is -2.58. The molecular weight excluding hydrogens is 332 g/mol. The molecule has 25 heavy (non-hydrogen) atoms. The highest BCUT2D eigenvalue weighted by molar-refractivity contribution is 6.33. The van der Waals surface area contributed by atoms with E-state index in [1.54, 1.807) is 0 Å². The Labute approximate surface area is 152 Å². The predicted octanol–water partition coefficient (Wildman–Crippen LogP) is 4.73. The number of hydrogen-bond donors (Lipinski definition) is 0. The van der Waals surface area contributed by atoms with Crippen LogP contribution in [-0.2, 0) is 15.0 Å². The molecule has 0 N–H and O–H groups in total. The van der Waals surface area contributed by atoms with Crippen molar-refractivity contribution in [2.24, 2.45) is 0 Å². The summed E-state index contributed by atoms with van der Waals surface area (Å²) in [6.45, 7) is 0. The Morgan fingerprint density at radius 1 is 0.800 bits per heavy atom. The molecular formula is C22H19ClO2. The second-order valence-electron chi connectivity index (χ2n) is 6.11. The summed E-state index contributed by atoms with van der Waals surface area (Å²) in [5.41, 5.74) is 3.70. The van der Waals surface area contributed by atoms with Crippen LogP contribution in [0.5, 0.6) is 0 Å². The zero-order chi connectivity index (χ0) is 17.8. The Morgan fingerprint density at radius 2 is 1.36 bits per heavy atom. The molecule has 2 aromatic rings. The Balaban J connectivity index is 0.000000265. The number of fused-ring (bicyclic) bond motifs is 1. The van der Waals surface area contributed by atoms with Crippen molar-refractivity contribution in [2.45, 2.75) is 23.1 Å². The maximum absolute atomic E-state index is 9.40. The van der Waals surface area contributed by atoms with Crippen LogP contribution < -0.4 is 0 Å². The van der Waals surface area contributed by atoms with Gasteiger partial charge in [0.1, 0.15) is 12.6 Å². The predicted molar refractivity (Wildman–Crippen MR) is 102 cm³/mol. The number of aldehydes is 2. The summed E-state index contributed by atoms with van der Waals surface area (Å²) in [7, 11) is 0. The molecule has 2 unspecified atom stereocenters. The highest BCUT2D eigenvalue weighted by Gasteiger charge is 2.62. The summed E-state index contributed by atoms with van der Waals surface area (Å²) in [6.07, 6.45) is 8.69. The fraction of sp³-hybridized carbons (Fsp3) is 0.182. The van der Waals surface area contributed by atoms with E-state index < -0.39 is 0 Å². The van der Waals surface area contributed by atoms with Crippen LogP contribution in [0.1, 0.15) is 24.0 Å². The number of halogens is 1. The number of allylic oxidation sites excluding steroid dienone is 4. The van der Waals surface area contributed by atoms with Gasteiger partial charge in [0.15, 0.2) is 0 Å². The highest BCUT2D eigenvalue weighted by Crippen LogP contribution is 2.65.